The van der Waals surface area contributed by atoms with Crippen molar-refractivity contribution >= 4 is 34.4 Å². The fourth-order valence-corrected chi connectivity index (χ4v) is 2.39. The van der Waals surface area contributed by atoms with E-state index in [1.807, 2.05) is 0 Å². The number of fused-ring (bicyclic) bond motifs is 1. The van der Waals surface area contributed by atoms with E-state index in [0.29, 0.717) is 11.4 Å². The second-order valence-corrected chi connectivity index (χ2v) is 6.15. The molecule has 0 spiro atoms. The second kappa shape index (κ2) is 7.24. The van der Waals surface area contributed by atoms with Crippen molar-refractivity contribution in [1.82, 2.24) is 9.38 Å². The monoisotopic (exact) mass is 367 g/mol. The average Bonchev–Trinajstić information content (AvgIpc) is 2.63. The molecule has 9 heteroatoms. The van der Waals surface area contributed by atoms with E-state index in [9.17, 15) is 19.7 Å². The third-order valence-electron chi connectivity index (χ3n) is 3.83. The lowest BCUT2D eigenvalue weighted by Crippen LogP contribution is -2.20. The molecule has 0 aliphatic carbocycles. The Balaban J connectivity index is 1.94. The molecule has 0 bridgehead atoms. The molecule has 0 aliphatic rings. The molecule has 3 rings (SSSR count). The van der Waals surface area contributed by atoms with E-state index in [1.54, 1.807) is 56.3 Å². The number of benzene rings is 1. The number of hydrogen-bond acceptors (Lipinski definition) is 6. The van der Waals surface area contributed by atoms with Crippen LogP contribution in [0.1, 0.15) is 13.8 Å². The molecule has 3 aromatic rings. The highest BCUT2D eigenvalue weighted by atomic mass is 16.6. The molecular weight excluding hydrogens is 350 g/mol. The van der Waals surface area contributed by atoms with Crippen LogP contribution in [0.2, 0.25) is 0 Å². The number of nitrogens with one attached hydrogen (secondary N) is 2. The lowest BCUT2D eigenvalue weighted by molar-refractivity contribution is -0.385. The maximum absolute atomic E-state index is 12.4. The maximum atomic E-state index is 12.4. The summed E-state index contributed by atoms with van der Waals surface area (Å²) in [5.41, 5.74) is -0.0330. The third-order valence-corrected chi connectivity index (χ3v) is 3.83. The summed E-state index contributed by atoms with van der Waals surface area (Å²) in [4.78, 5) is 38.9. The Kier molecular flexibility index (Phi) is 4.84. The van der Waals surface area contributed by atoms with Gasteiger partial charge in [-0.15, -0.1) is 0 Å². The highest BCUT2D eigenvalue weighted by molar-refractivity contribution is 5.92. The highest BCUT2D eigenvalue weighted by Crippen LogP contribution is 2.24. The van der Waals surface area contributed by atoms with Crippen LogP contribution in [0.4, 0.5) is 22.9 Å². The van der Waals surface area contributed by atoms with Crippen LogP contribution < -0.4 is 16.2 Å². The number of carbonyl (C=O) groups is 1. The molecule has 0 saturated carbocycles. The molecule has 9 nitrogen and oxygen atoms in total. The first-order chi connectivity index (χ1) is 12.9. The minimum Gasteiger partial charge on any atom is -0.334 e. The van der Waals surface area contributed by atoms with Crippen molar-refractivity contribution in [2.75, 3.05) is 10.6 Å². The molecule has 2 aromatic heterocycles. The number of amides is 1. The number of pyridine rings is 1. The Labute approximate surface area is 153 Å². The van der Waals surface area contributed by atoms with E-state index in [4.69, 9.17) is 0 Å². The summed E-state index contributed by atoms with van der Waals surface area (Å²) in [7, 11) is 0. The van der Waals surface area contributed by atoms with E-state index in [-0.39, 0.29) is 23.3 Å². The lowest BCUT2D eigenvalue weighted by atomic mass is 10.2. The number of aromatic nitrogens is 2. The predicted octanol–water partition coefficient (Wildman–Crippen LogP) is 2.94. The second-order valence-electron chi connectivity index (χ2n) is 6.15. The first kappa shape index (κ1) is 18.1. The SMILES string of the molecule is CC(C)C(=O)Nc1ccc(Nc2nc3ccccn3c(=O)c2[N+](=O)[O-])cc1. The number of anilines is 3. The summed E-state index contributed by atoms with van der Waals surface area (Å²) in [6.07, 6.45) is 1.42. The van der Waals surface area contributed by atoms with Gasteiger partial charge in [0.2, 0.25) is 11.7 Å². The van der Waals surface area contributed by atoms with Crippen molar-refractivity contribution in [1.29, 1.82) is 0 Å². The van der Waals surface area contributed by atoms with Gasteiger partial charge in [-0.3, -0.25) is 24.1 Å². The minimum absolute atomic E-state index is 0.115. The summed E-state index contributed by atoms with van der Waals surface area (Å²) < 4.78 is 1.12. The van der Waals surface area contributed by atoms with Crippen molar-refractivity contribution in [2.45, 2.75) is 13.8 Å². The van der Waals surface area contributed by atoms with Gasteiger partial charge in [-0.05, 0) is 36.4 Å². The molecule has 138 valence electrons. The zero-order valence-electron chi connectivity index (χ0n) is 14.7. The van der Waals surface area contributed by atoms with Crippen LogP contribution >= 0.6 is 0 Å². The number of nitrogens with zero attached hydrogens (tertiary/aromatic N) is 3. The molecule has 0 fully saturated rings. The van der Waals surface area contributed by atoms with E-state index in [2.05, 4.69) is 15.6 Å². The van der Waals surface area contributed by atoms with Gasteiger partial charge >= 0.3 is 11.2 Å². The molecule has 1 aromatic carbocycles. The molecule has 0 saturated heterocycles. The molecule has 0 aliphatic heterocycles. The first-order valence-electron chi connectivity index (χ1n) is 8.20. The van der Waals surface area contributed by atoms with Gasteiger partial charge in [0.1, 0.15) is 5.65 Å². The smallest absolute Gasteiger partial charge is 0.334 e. The Bertz CT molecular complexity index is 1070. The van der Waals surface area contributed by atoms with Gasteiger partial charge in [0.25, 0.3) is 0 Å². The number of nitro groups is 1. The van der Waals surface area contributed by atoms with Crippen molar-refractivity contribution in [3.63, 3.8) is 0 Å². The lowest BCUT2D eigenvalue weighted by Gasteiger charge is -2.10. The van der Waals surface area contributed by atoms with Gasteiger partial charge in [0.05, 0.1) is 4.92 Å². The van der Waals surface area contributed by atoms with E-state index < -0.39 is 16.2 Å². The molecule has 0 atom stereocenters. The standard InChI is InChI=1S/C18H17N5O4/c1-11(2)17(24)20-13-8-6-12(7-9-13)19-16-15(23(26)27)18(25)22-10-4-3-5-14(22)21-16/h3-11,19H,1-2H3,(H,20,24). The van der Waals surface area contributed by atoms with Crippen molar-refractivity contribution in [3.05, 3.63) is 69.1 Å². The summed E-state index contributed by atoms with van der Waals surface area (Å²) in [5, 5.41) is 16.9. The third kappa shape index (κ3) is 3.76. The summed E-state index contributed by atoms with van der Waals surface area (Å²) in [6.45, 7) is 3.57. The maximum Gasteiger partial charge on any atom is 0.376 e. The highest BCUT2D eigenvalue weighted by Gasteiger charge is 2.23. The van der Waals surface area contributed by atoms with E-state index >= 15 is 0 Å². The van der Waals surface area contributed by atoms with Crippen LogP contribution in [0.5, 0.6) is 0 Å². The fraction of sp³-hybridized carbons (Fsp3) is 0.167. The van der Waals surface area contributed by atoms with Crippen LogP contribution in [0.15, 0.2) is 53.5 Å². The average molecular weight is 367 g/mol. The van der Waals surface area contributed by atoms with Gasteiger partial charge in [-0.25, -0.2) is 4.98 Å². The number of carbonyl (C=O) groups excluding carboxylic acids is 1. The molecule has 27 heavy (non-hydrogen) atoms. The van der Waals surface area contributed by atoms with Gasteiger partial charge in [-0.2, -0.15) is 0 Å². The van der Waals surface area contributed by atoms with Gasteiger partial charge in [0.15, 0.2) is 0 Å². The van der Waals surface area contributed by atoms with E-state index in [1.165, 1.54) is 6.20 Å². The van der Waals surface area contributed by atoms with Crippen LogP contribution in [0.3, 0.4) is 0 Å². The van der Waals surface area contributed by atoms with Crippen molar-refractivity contribution in [2.24, 2.45) is 5.92 Å². The van der Waals surface area contributed by atoms with Crippen LogP contribution in [-0.4, -0.2) is 20.2 Å². The number of hydrogen-bond donors (Lipinski definition) is 2. The molecular formula is C18H17N5O4. The number of rotatable bonds is 5. The Morgan fingerprint density at radius 1 is 1.15 bits per heavy atom. The summed E-state index contributed by atoms with van der Waals surface area (Å²) in [6, 6.07) is 11.4. The summed E-state index contributed by atoms with van der Waals surface area (Å²) in [5.74, 6) is -0.411. The fourth-order valence-electron chi connectivity index (χ4n) is 2.39. The zero-order chi connectivity index (χ0) is 19.6. The van der Waals surface area contributed by atoms with Crippen LogP contribution in [-0.2, 0) is 4.79 Å². The molecule has 2 N–H and O–H groups in total. The molecule has 0 unspecified atom stereocenters. The van der Waals surface area contributed by atoms with Gasteiger partial charge < -0.3 is 10.6 Å². The molecule has 0 radical (unpaired) electrons. The molecule has 1 amide bonds. The minimum atomic E-state index is -0.770. The van der Waals surface area contributed by atoms with Crippen LogP contribution in [0, 0.1) is 16.0 Å². The Hall–Kier alpha value is -3.75. The summed E-state index contributed by atoms with van der Waals surface area (Å²) >= 11 is 0. The van der Waals surface area contributed by atoms with Gasteiger partial charge in [-0.1, -0.05) is 19.9 Å². The predicted molar refractivity (Wildman–Crippen MR) is 101 cm³/mol. The largest absolute Gasteiger partial charge is 0.376 e. The topological polar surface area (TPSA) is 119 Å². The van der Waals surface area contributed by atoms with E-state index in [0.717, 1.165) is 4.40 Å². The van der Waals surface area contributed by atoms with Crippen LogP contribution in [0.25, 0.3) is 5.65 Å². The zero-order valence-corrected chi connectivity index (χ0v) is 14.7. The van der Waals surface area contributed by atoms with Gasteiger partial charge in [0, 0.05) is 23.5 Å². The first-order valence-corrected chi connectivity index (χ1v) is 8.20. The quantitative estimate of drug-likeness (QED) is 0.529. The Morgan fingerprint density at radius 3 is 2.44 bits per heavy atom. The molecule has 2 heterocycles. The normalized spacial score (nSPS) is 10.8. The van der Waals surface area contributed by atoms with Crippen molar-refractivity contribution in [3.8, 4) is 0 Å². The Morgan fingerprint density at radius 2 is 1.81 bits per heavy atom. The van der Waals surface area contributed by atoms with Crippen molar-refractivity contribution < 1.29 is 9.72 Å².